The standard InChI is InChI=1S/C13H18N2/c1-2-10-5-3-4-6-11(10)12-7-13(8-12,9-12)15-14/h3-6,15H,2,7-9,14H2,1H3. The second-order valence-electron chi connectivity index (χ2n) is 5.25. The molecule has 3 saturated carbocycles. The summed E-state index contributed by atoms with van der Waals surface area (Å²) < 4.78 is 0. The summed E-state index contributed by atoms with van der Waals surface area (Å²) in [4.78, 5) is 0. The zero-order chi connectivity index (χ0) is 10.5. The zero-order valence-corrected chi connectivity index (χ0v) is 9.22. The summed E-state index contributed by atoms with van der Waals surface area (Å²) in [5, 5.41) is 0. The molecule has 0 saturated heterocycles. The van der Waals surface area contributed by atoms with Gasteiger partial charge in [-0.1, -0.05) is 31.2 Å². The third kappa shape index (κ3) is 1.06. The number of nitrogens with two attached hydrogens (primary N) is 1. The fourth-order valence-corrected chi connectivity index (χ4v) is 3.57. The second kappa shape index (κ2) is 2.83. The summed E-state index contributed by atoms with van der Waals surface area (Å²) >= 11 is 0. The number of hydrazine groups is 1. The van der Waals surface area contributed by atoms with Crippen molar-refractivity contribution in [3.05, 3.63) is 35.4 Å². The lowest BCUT2D eigenvalue weighted by Gasteiger charge is -2.71. The second-order valence-corrected chi connectivity index (χ2v) is 5.25. The van der Waals surface area contributed by atoms with Gasteiger partial charge in [-0.25, -0.2) is 0 Å². The summed E-state index contributed by atoms with van der Waals surface area (Å²) in [5.74, 6) is 5.56. The van der Waals surface area contributed by atoms with Crippen molar-refractivity contribution in [1.29, 1.82) is 0 Å². The number of rotatable bonds is 3. The van der Waals surface area contributed by atoms with E-state index in [1.165, 1.54) is 24.8 Å². The molecule has 15 heavy (non-hydrogen) atoms. The first-order valence-corrected chi connectivity index (χ1v) is 5.80. The average molecular weight is 202 g/mol. The molecule has 0 aliphatic heterocycles. The monoisotopic (exact) mass is 202 g/mol. The van der Waals surface area contributed by atoms with Gasteiger partial charge in [0.2, 0.25) is 0 Å². The van der Waals surface area contributed by atoms with E-state index >= 15 is 0 Å². The van der Waals surface area contributed by atoms with Gasteiger partial charge in [-0.15, -0.1) is 0 Å². The lowest BCUT2D eigenvalue weighted by Crippen LogP contribution is -2.77. The van der Waals surface area contributed by atoms with Gasteiger partial charge in [0.15, 0.2) is 0 Å². The van der Waals surface area contributed by atoms with Crippen molar-refractivity contribution in [3.63, 3.8) is 0 Å². The Hall–Kier alpha value is -0.860. The molecule has 1 aromatic carbocycles. The Kier molecular flexibility index (Phi) is 1.77. The highest BCUT2D eigenvalue weighted by molar-refractivity contribution is 5.45. The normalized spacial score (nSPS) is 36.9. The fourth-order valence-electron chi connectivity index (χ4n) is 3.57. The van der Waals surface area contributed by atoms with Crippen LogP contribution in [0.2, 0.25) is 0 Å². The maximum atomic E-state index is 5.56. The van der Waals surface area contributed by atoms with E-state index in [1.54, 1.807) is 5.56 Å². The fraction of sp³-hybridized carbons (Fsp3) is 0.538. The highest BCUT2D eigenvalue weighted by Gasteiger charge is 2.68. The van der Waals surface area contributed by atoms with Gasteiger partial charge in [0, 0.05) is 11.0 Å². The Bertz CT molecular complexity index is 378. The van der Waals surface area contributed by atoms with Crippen LogP contribution in [-0.4, -0.2) is 5.54 Å². The molecule has 80 valence electrons. The van der Waals surface area contributed by atoms with Gasteiger partial charge < -0.3 is 0 Å². The van der Waals surface area contributed by atoms with Crippen LogP contribution in [0.4, 0.5) is 0 Å². The van der Waals surface area contributed by atoms with Crippen LogP contribution in [0.5, 0.6) is 0 Å². The van der Waals surface area contributed by atoms with Crippen molar-refractivity contribution in [3.8, 4) is 0 Å². The van der Waals surface area contributed by atoms with Gasteiger partial charge in [0.05, 0.1) is 0 Å². The quantitative estimate of drug-likeness (QED) is 0.580. The van der Waals surface area contributed by atoms with Gasteiger partial charge in [-0.2, -0.15) is 0 Å². The van der Waals surface area contributed by atoms with Crippen LogP contribution < -0.4 is 11.3 Å². The van der Waals surface area contributed by atoms with Gasteiger partial charge >= 0.3 is 0 Å². The molecule has 3 aliphatic carbocycles. The lowest BCUT2D eigenvalue weighted by molar-refractivity contribution is -0.0887. The Morgan fingerprint density at radius 1 is 1.27 bits per heavy atom. The minimum atomic E-state index is 0.293. The minimum Gasteiger partial charge on any atom is -0.271 e. The van der Waals surface area contributed by atoms with Crippen molar-refractivity contribution in [2.45, 2.75) is 43.6 Å². The van der Waals surface area contributed by atoms with Gasteiger partial charge in [-0.3, -0.25) is 11.3 Å². The number of hydrogen-bond donors (Lipinski definition) is 2. The third-order valence-electron chi connectivity index (χ3n) is 4.31. The molecule has 1 aromatic rings. The molecule has 3 aliphatic rings. The third-order valence-corrected chi connectivity index (χ3v) is 4.31. The molecule has 3 N–H and O–H groups in total. The maximum Gasteiger partial charge on any atom is 0.0346 e. The Morgan fingerprint density at radius 3 is 2.53 bits per heavy atom. The van der Waals surface area contributed by atoms with Crippen LogP contribution in [-0.2, 0) is 11.8 Å². The number of aryl methyl sites for hydroxylation is 1. The van der Waals surface area contributed by atoms with Gasteiger partial charge in [-0.05, 0) is 36.8 Å². The molecule has 0 unspecified atom stereocenters. The topological polar surface area (TPSA) is 38.0 Å². The van der Waals surface area contributed by atoms with Crippen LogP contribution in [0, 0.1) is 0 Å². The molecule has 0 atom stereocenters. The smallest absolute Gasteiger partial charge is 0.0346 e. The molecule has 3 fully saturated rings. The van der Waals surface area contributed by atoms with E-state index < -0.39 is 0 Å². The van der Waals surface area contributed by atoms with Crippen LogP contribution in [0.25, 0.3) is 0 Å². The first kappa shape index (κ1) is 9.37. The van der Waals surface area contributed by atoms with E-state index in [0.717, 1.165) is 6.42 Å². The van der Waals surface area contributed by atoms with Crippen LogP contribution in [0.15, 0.2) is 24.3 Å². The van der Waals surface area contributed by atoms with E-state index in [2.05, 4.69) is 36.6 Å². The lowest BCUT2D eigenvalue weighted by atomic mass is 9.37. The van der Waals surface area contributed by atoms with Crippen LogP contribution in [0.3, 0.4) is 0 Å². The van der Waals surface area contributed by atoms with E-state index in [-0.39, 0.29) is 0 Å². The highest BCUT2D eigenvalue weighted by Crippen LogP contribution is 2.67. The molecular formula is C13H18N2. The largest absolute Gasteiger partial charge is 0.271 e. The van der Waals surface area contributed by atoms with E-state index in [1.807, 2.05) is 0 Å². The molecule has 0 radical (unpaired) electrons. The van der Waals surface area contributed by atoms with Crippen molar-refractivity contribution >= 4 is 0 Å². The molecule has 2 heteroatoms. The Balaban J connectivity index is 1.90. The zero-order valence-electron chi connectivity index (χ0n) is 9.22. The first-order chi connectivity index (χ1) is 7.24. The predicted molar refractivity (Wildman–Crippen MR) is 61.4 cm³/mol. The molecule has 0 aromatic heterocycles. The molecule has 4 rings (SSSR count). The summed E-state index contributed by atoms with van der Waals surface area (Å²) in [7, 11) is 0. The van der Waals surface area contributed by atoms with Crippen LogP contribution in [0.1, 0.15) is 37.3 Å². The molecule has 2 nitrogen and oxygen atoms in total. The molecule has 0 heterocycles. The van der Waals surface area contributed by atoms with Crippen molar-refractivity contribution in [2.24, 2.45) is 5.84 Å². The average Bonchev–Trinajstić information content (AvgIpc) is 2.15. The van der Waals surface area contributed by atoms with E-state index in [4.69, 9.17) is 5.84 Å². The molecule has 0 amide bonds. The molecule has 2 bridgehead atoms. The van der Waals surface area contributed by atoms with Crippen LogP contribution >= 0.6 is 0 Å². The van der Waals surface area contributed by atoms with Crippen molar-refractivity contribution in [1.82, 2.24) is 5.43 Å². The van der Waals surface area contributed by atoms with Crippen molar-refractivity contribution in [2.75, 3.05) is 0 Å². The number of benzene rings is 1. The van der Waals surface area contributed by atoms with Crippen molar-refractivity contribution < 1.29 is 0 Å². The Morgan fingerprint density at radius 2 is 1.93 bits per heavy atom. The highest BCUT2D eigenvalue weighted by atomic mass is 15.3. The van der Waals surface area contributed by atoms with Gasteiger partial charge in [0.1, 0.15) is 0 Å². The van der Waals surface area contributed by atoms with E-state index in [9.17, 15) is 0 Å². The summed E-state index contributed by atoms with van der Waals surface area (Å²) in [6, 6.07) is 8.87. The summed E-state index contributed by atoms with van der Waals surface area (Å²) in [6.45, 7) is 2.24. The summed E-state index contributed by atoms with van der Waals surface area (Å²) in [6.07, 6.45) is 4.83. The summed E-state index contributed by atoms with van der Waals surface area (Å²) in [5.41, 5.74) is 6.83. The Labute approximate surface area is 90.8 Å². The SMILES string of the molecule is CCc1ccccc1C12CC(NN)(C1)C2. The van der Waals surface area contributed by atoms with E-state index in [0.29, 0.717) is 11.0 Å². The molecule has 0 spiro atoms. The predicted octanol–water partition coefficient (Wildman–Crippen LogP) is 1.89. The number of hydrogen-bond acceptors (Lipinski definition) is 2. The first-order valence-electron chi connectivity index (χ1n) is 5.80. The molecular weight excluding hydrogens is 184 g/mol. The minimum absolute atomic E-state index is 0.293. The maximum absolute atomic E-state index is 5.56. The van der Waals surface area contributed by atoms with Gasteiger partial charge in [0.25, 0.3) is 0 Å². The number of nitrogens with one attached hydrogen (secondary N) is 1.